The zero-order valence-corrected chi connectivity index (χ0v) is 8.80. The predicted octanol–water partition coefficient (Wildman–Crippen LogP) is 3.31. The van der Waals surface area contributed by atoms with E-state index in [0.29, 0.717) is 0 Å². The number of aliphatic hydroxyl groups excluding tert-OH is 1. The van der Waals surface area contributed by atoms with E-state index in [1.165, 1.54) is 0 Å². The number of hydrogen-bond acceptors (Lipinski definition) is 1. The Balaban J connectivity index is 3.21. The van der Waals surface area contributed by atoms with Crippen LogP contribution in [0, 0.1) is 40.7 Å². The Labute approximate surface area is 100 Å². The van der Waals surface area contributed by atoms with Crippen molar-refractivity contribution in [1.29, 1.82) is 0 Å². The van der Waals surface area contributed by atoms with Crippen molar-refractivity contribution in [3.63, 3.8) is 0 Å². The highest BCUT2D eigenvalue weighted by Gasteiger charge is 2.29. The molecule has 1 N–H and O–H groups in total. The van der Waals surface area contributed by atoms with Crippen molar-refractivity contribution < 1.29 is 35.8 Å². The molecule has 0 saturated heterocycles. The van der Waals surface area contributed by atoms with Gasteiger partial charge in [-0.25, -0.2) is 30.7 Å². The van der Waals surface area contributed by atoms with Crippen LogP contribution in [0.5, 0.6) is 0 Å². The monoisotopic (exact) mass is 284 g/mol. The van der Waals surface area contributed by atoms with Crippen molar-refractivity contribution >= 4 is 10.8 Å². The molecule has 0 radical (unpaired) electrons. The largest absolute Gasteiger partial charge is 0.392 e. The van der Waals surface area contributed by atoms with Crippen molar-refractivity contribution in [2.24, 2.45) is 0 Å². The Morgan fingerprint density at radius 2 is 0.895 bits per heavy atom. The predicted molar refractivity (Wildman–Crippen MR) is 49.6 cm³/mol. The molecule has 0 heterocycles. The summed E-state index contributed by atoms with van der Waals surface area (Å²) >= 11 is 0. The molecule has 0 aliphatic carbocycles. The third kappa shape index (κ3) is 1.66. The summed E-state index contributed by atoms with van der Waals surface area (Å²) in [5.41, 5.74) is -1.20. The molecule has 0 aromatic heterocycles. The molecule has 8 heteroatoms. The normalized spacial score (nSPS) is 11.4. The Hall–Kier alpha value is -1.83. The average molecular weight is 284 g/mol. The number of halogens is 7. The molecule has 0 amide bonds. The van der Waals surface area contributed by atoms with E-state index >= 15 is 0 Å². The molecule has 0 unspecified atom stereocenters. The second-order valence-corrected chi connectivity index (χ2v) is 3.58. The van der Waals surface area contributed by atoms with E-state index in [0.717, 1.165) is 0 Å². The van der Waals surface area contributed by atoms with Gasteiger partial charge in [0.2, 0.25) is 0 Å². The summed E-state index contributed by atoms with van der Waals surface area (Å²) in [7, 11) is 0. The van der Waals surface area contributed by atoms with Gasteiger partial charge < -0.3 is 5.11 Å². The van der Waals surface area contributed by atoms with Crippen LogP contribution in [0.15, 0.2) is 0 Å². The van der Waals surface area contributed by atoms with E-state index in [9.17, 15) is 30.7 Å². The molecule has 0 atom stereocenters. The van der Waals surface area contributed by atoms with E-state index < -0.39 is 63.7 Å². The van der Waals surface area contributed by atoms with Crippen molar-refractivity contribution in [3.05, 3.63) is 46.3 Å². The van der Waals surface area contributed by atoms with Gasteiger partial charge in [-0.15, -0.1) is 0 Å². The molecule has 19 heavy (non-hydrogen) atoms. The van der Waals surface area contributed by atoms with Gasteiger partial charge in [0.05, 0.1) is 12.0 Å². The lowest BCUT2D eigenvalue weighted by Gasteiger charge is -2.11. The second kappa shape index (κ2) is 4.37. The summed E-state index contributed by atoms with van der Waals surface area (Å²) in [5.74, 6) is -15.4. The quantitative estimate of drug-likeness (QED) is 0.484. The summed E-state index contributed by atoms with van der Waals surface area (Å²) in [6.45, 7) is -1.36. The van der Waals surface area contributed by atoms with Gasteiger partial charge in [-0.3, -0.25) is 0 Å². The molecule has 1 nitrogen and oxygen atoms in total. The van der Waals surface area contributed by atoms with E-state index in [2.05, 4.69) is 0 Å². The minimum Gasteiger partial charge on any atom is -0.392 e. The summed E-state index contributed by atoms with van der Waals surface area (Å²) in [5, 5.41) is 5.80. The molecule has 0 saturated carbocycles. The van der Waals surface area contributed by atoms with Crippen LogP contribution in [0.1, 0.15) is 5.56 Å². The molecule has 2 aromatic rings. The summed E-state index contributed by atoms with van der Waals surface area (Å²) in [6, 6.07) is 0. The lowest BCUT2D eigenvalue weighted by molar-refractivity contribution is 0.273. The van der Waals surface area contributed by atoms with Crippen molar-refractivity contribution in [2.45, 2.75) is 6.61 Å². The van der Waals surface area contributed by atoms with Gasteiger partial charge in [-0.05, 0) is 0 Å². The third-order valence-electron chi connectivity index (χ3n) is 2.60. The highest BCUT2D eigenvalue weighted by atomic mass is 19.2. The lowest BCUT2D eigenvalue weighted by Crippen LogP contribution is -2.07. The van der Waals surface area contributed by atoms with E-state index in [-0.39, 0.29) is 0 Å². The number of fused-ring (bicyclic) bond motifs is 1. The molecule has 0 aliphatic heterocycles. The van der Waals surface area contributed by atoms with E-state index in [1.54, 1.807) is 0 Å². The van der Waals surface area contributed by atoms with Gasteiger partial charge in [0.25, 0.3) is 0 Å². The number of hydrogen-bond donors (Lipinski definition) is 1. The van der Waals surface area contributed by atoms with Crippen LogP contribution in [0.25, 0.3) is 10.8 Å². The molecule has 0 fully saturated rings. The van der Waals surface area contributed by atoms with Crippen molar-refractivity contribution in [3.8, 4) is 0 Å². The van der Waals surface area contributed by atoms with Gasteiger partial charge >= 0.3 is 0 Å². The maximum Gasteiger partial charge on any atom is 0.198 e. The SMILES string of the molecule is OCc1c(F)c(F)c(F)c2c(F)c(F)c(F)c(F)c12. The minimum absolute atomic E-state index is 1.20. The summed E-state index contributed by atoms with van der Waals surface area (Å²) in [4.78, 5) is 0. The average Bonchev–Trinajstić information content (AvgIpc) is 2.40. The van der Waals surface area contributed by atoms with Crippen LogP contribution in [0.4, 0.5) is 30.7 Å². The summed E-state index contributed by atoms with van der Waals surface area (Å²) in [6.07, 6.45) is 0. The van der Waals surface area contributed by atoms with E-state index in [4.69, 9.17) is 5.11 Å². The number of benzene rings is 2. The highest BCUT2D eigenvalue weighted by molar-refractivity contribution is 5.88. The smallest absolute Gasteiger partial charge is 0.198 e. The first kappa shape index (κ1) is 13.6. The van der Waals surface area contributed by atoms with Crippen LogP contribution < -0.4 is 0 Å². The Kier molecular flexibility index (Phi) is 3.13. The molecular formula is C11H3F7O. The van der Waals surface area contributed by atoms with Crippen LogP contribution in [0.2, 0.25) is 0 Å². The minimum atomic E-state index is -2.36. The molecule has 0 spiro atoms. The molecule has 2 rings (SSSR count). The van der Waals surface area contributed by atoms with Gasteiger partial charge in [-0.1, -0.05) is 0 Å². The number of rotatable bonds is 1. The van der Waals surface area contributed by atoms with Gasteiger partial charge in [0.15, 0.2) is 40.7 Å². The van der Waals surface area contributed by atoms with Crippen molar-refractivity contribution in [2.75, 3.05) is 0 Å². The second-order valence-electron chi connectivity index (χ2n) is 3.58. The fourth-order valence-electron chi connectivity index (χ4n) is 1.72. The van der Waals surface area contributed by atoms with Crippen LogP contribution in [-0.2, 0) is 6.61 Å². The molecule has 102 valence electrons. The zero-order valence-electron chi connectivity index (χ0n) is 8.80. The zero-order chi connectivity index (χ0) is 14.5. The topological polar surface area (TPSA) is 20.2 Å². The third-order valence-corrected chi connectivity index (χ3v) is 2.60. The van der Waals surface area contributed by atoms with Crippen LogP contribution in [0.3, 0.4) is 0 Å². The van der Waals surface area contributed by atoms with Crippen molar-refractivity contribution in [1.82, 2.24) is 0 Å². The first-order valence-corrected chi connectivity index (χ1v) is 4.74. The van der Waals surface area contributed by atoms with Gasteiger partial charge in [-0.2, -0.15) is 0 Å². The fourth-order valence-corrected chi connectivity index (χ4v) is 1.72. The standard InChI is InChI=1S/C11H3F7O/c12-5-2(1-19)3-4(7(14)9(5)16)8(15)11(18)10(17)6(3)13/h19H,1H2. The first-order valence-electron chi connectivity index (χ1n) is 4.74. The van der Waals surface area contributed by atoms with Crippen LogP contribution in [-0.4, -0.2) is 5.11 Å². The molecular weight excluding hydrogens is 281 g/mol. The Morgan fingerprint density at radius 3 is 1.32 bits per heavy atom. The Bertz CT molecular complexity index is 688. The lowest BCUT2D eigenvalue weighted by atomic mass is 10.0. The maximum atomic E-state index is 13.4. The first-order chi connectivity index (χ1) is 8.82. The Morgan fingerprint density at radius 1 is 0.526 bits per heavy atom. The fraction of sp³-hybridized carbons (Fsp3) is 0.0909. The van der Waals surface area contributed by atoms with Gasteiger partial charge in [0, 0.05) is 10.9 Å². The maximum absolute atomic E-state index is 13.4. The highest BCUT2D eigenvalue weighted by Crippen LogP contribution is 2.34. The van der Waals surface area contributed by atoms with Crippen LogP contribution >= 0.6 is 0 Å². The molecule has 0 bridgehead atoms. The number of aliphatic hydroxyl groups is 1. The molecule has 2 aromatic carbocycles. The van der Waals surface area contributed by atoms with E-state index in [1.807, 2.05) is 0 Å². The molecule has 0 aliphatic rings. The van der Waals surface area contributed by atoms with Gasteiger partial charge in [0.1, 0.15) is 0 Å². The summed E-state index contributed by atoms with van der Waals surface area (Å²) < 4.78 is 92.4.